The van der Waals surface area contributed by atoms with E-state index in [1.54, 1.807) is 12.3 Å². The van der Waals surface area contributed by atoms with Gasteiger partial charge in [-0.05, 0) is 28.3 Å². The highest BCUT2D eigenvalue weighted by Gasteiger charge is 2.30. The molecule has 9 heteroatoms. The minimum atomic E-state index is -1.31. The SMILES string of the molecule is COc1ccncc1CNC(=O)C(CC(=O)O)NC(=O)OCC1c2ccccc2-c2ccccc21. The summed E-state index contributed by atoms with van der Waals surface area (Å²) < 4.78 is 10.7. The van der Waals surface area contributed by atoms with Crippen LogP contribution in [0.25, 0.3) is 11.1 Å². The van der Waals surface area contributed by atoms with Crippen LogP contribution in [0.3, 0.4) is 0 Å². The molecule has 2 amide bonds. The van der Waals surface area contributed by atoms with Crippen molar-refractivity contribution in [3.05, 3.63) is 83.7 Å². The second-order valence-corrected chi connectivity index (χ2v) is 8.03. The number of hydrogen-bond acceptors (Lipinski definition) is 6. The normalized spacial score (nSPS) is 12.7. The van der Waals surface area contributed by atoms with E-state index in [-0.39, 0.29) is 19.1 Å². The van der Waals surface area contributed by atoms with E-state index in [0.29, 0.717) is 11.3 Å². The number of aromatic nitrogens is 1. The molecule has 0 bridgehead atoms. The number of carboxylic acids is 1. The van der Waals surface area contributed by atoms with E-state index in [1.807, 2.05) is 48.5 Å². The number of carbonyl (C=O) groups is 3. The number of nitrogens with zero attached hydrogens (tertiary/aromatic N) is 1. The third kappa shape index (κ3) is 5.40. The lowest BCUT2D eigenvalue weighted by molar-refractivity contribution is -0.139. The van der Waals surface area contributed by atoms with Crippen LogP contribution in [0, 0.1) is 0 Å². The van der Waals surface area contributed by atoms with Gasteiger partial charge in [-0.15, -0.1) is 0 Å². The van der Waals surface area contributed by atoms with Crippen LogP contribution in [0.5, 0.6) is 5.75 Å². The fourth-order valence-electron chi connectivity index (χ4n) is 4.22. The van der Waals surface area contributed by atoms with E-state index < -0.39 is 30.4 Å². The maximum Gasteiger partial charge on any atom is 0.407 e. The van der Waals surface area contributed by atoms with Gasteiger partial charge < -0.3 is 25.2 Å². The Hall–Kier alpha value is -4.40. The number of amides is 2. The summed E-state index contributed by atoms with van der Waals surface area (Å²) in [6.07, 6.45) is 1.62. The van der Waals surface area contributed by atoms with Gasteiger partial charge in [0.05, 0.1) is 13.5 Å². The van der Waals surface area contributed by atoms with Gasteiger partial charge in [-0.3, -0.25) is 14.6 Å². The Kier molecular flexibility index (Phi) is 7.25. The minimum absolute atomic E-state index is 0.0498. The van der Waals surface area contributed by atoms with E-state index in [1.165, 1.54) is 13.3 Å². The number of pyridine rings is 1. The molecule has 1 aromatic heterocycles. The highest BCUT2D eigenvalue weighted by molar-refractivity contribution is 5.89. The van der Waals surface area contributed by atoms with Crippen molar-refractivity contribution in [1.82, 2.24) is 15.6 Å². The Morgan fingerprint density at radius 3 is 2.31 bits per heavy atom. The molecule has 1 heterocycles. The topological polar surface area (TPSA) is 127 Å². The molecule has 0 aliphatic heterocycles. The number of alkyl carbamates (subject to hydrolysis) is 1. The lowest BCUT2D eigenvalue weighted by Gasteiger charge is -2.19. The second-order valence-electron chi connectivity index (χ2n) is 8.03. The molecule has 3 N–H and O–H groups in total. The molecule has 0 saturated heterocycles. The molecule has 0 fully saturated rings. The van der Waals surface area contributed by atoms with Gasteiger partial charge in [-0.2, -0.15) is 0 Å². The van der Waals surface area contributed by atoms with Gasteiger partial charge in [0.1, 0.15) is 18.4 Å². The summed E-state index contributed by atoms with van der Waals surface area (Å²) in [4.78, 5) is 40.5. The van der Waals surface area contributed by atoms with Gasteiger partial charge in [0.25, 0.3) is 0 Å². The number of nitrogens with one attached hydrogen (secondary N) is 2. The van der Waals surface area contributed by atoms with Gasteiger partial charge >= 0.3 is 12.1 Å². The molecule has 1 unspecified atom stereocenters. The number of hydrogen-bond donors (Lipinski definition) is 3. The average molecular weight is 476 g/mol. The molecule has 1 atom stereocenters. The van der Waals surface area contributed by atoms with Gasteiger partial charge in [0.2, 0.25) is 5.91 Å². The summed E-state index contributed by atoms with van der Waals surface area (Å²) in [5.41, 5.74) is 4.88. The predicted molar refractivity (Wildman–Crippen MR) is 127 cm³/mol. The van der Waals surface area contributed by atoms with E-state index in [9.17, 15) is 19.5 Å². The van der Waals surface area contributed by atoms with Crippen molar-refractivity contribution in [2.45, 2.75) is 24.9 Å². The third-order valence-corrected chi connectivity index (χ3v) is 5.86. The van der Waals surface area contributed by atoms with Crippen molar-refractivity contribution in [2.24, 2.45) is 0 Å². The summed E-state index contributed by atoms with van der Waals surface area (Å²) in [7, 11) is 1.49. The molecule has 0 radical (unpaired) electrons. The quantitative estimate of drug-likeness (QED) is 0.434. The molecule has 0 saturated carbocycles. The van der Waals surface area contributed by atoms with Crippen LogP contribution < -0.4 is 15.4 Å². The number of rotatable bonds is 9. The van der Waals surface area contributed by atoms with Crippen molar-refractivity contribution in [3.63, 3.8) is 0 Å². The van der Waals surface area contributed by atoms with Gasteiger partial charge in [-0.1, -0.05) is 48.5 Å². The number of carboxylic acid groups (broad SMARTS) is 1. The van der Waals surface area contributed by atoms with Crippen LogP contribution in [-0.2, 0) is 20.9 Å². The first-order chi connectivity index (χ1) is 17.0. The summed E-state index contributed by atoms with van der Waals surface area (Å²) in [5, 5.41) is 14.2. The van der Waals surface area contributed by atoms with E-state index in [2.05, 4.69) is 15.6 Å². The summed E-state index contributed by atoms with van der Waals surface area (Å²) in [6, 6.07) is 16.2. The van der Waals surface area contributed by atoms with Crippen LogP contribution >= 0.6 is 0 Å². The maximum absolute atomic E-state index is 12.7. The smallest absolute Gasteiger partial charge is 0.407 e. The molecular formula is C26H25N3O6. The highest BCUT2D eigenvalue weighted by Crippen LogP contribution is 2.44. The maximum atomic E-state index is 12.7. The summed E-state index contributed by atoms with van der Waals surface area (Å²) in [5.74, 6) is -1.52. The molecule has 2 aromatic carbocycles. The Bertz CT molecular complexity index is 1200. The number of aliphatic carboxylic acids is 1. The third-order valence-electron chi connectivity index (χ3n) is 5.86. The van der Waals surface area contributed by atoms with Crippen molar-refractivity contribution in [1.29, 1.82) is 0 Å². The molecular weight excluding hydrogens is 450 g/mol. The molecule has 180 valence electrons. The molecule has 1 aliphatic carbocycles. The van der Waals surface area contributed by atoms with Gasteiger partial charge in [0.15, 0.2) is 0 Å². The highest BCUT2D eigenvalue weighted by atomic mass is 16.5. The predicted octanol–water partition coefficient (Wildman–Crippen LogP) is 3.09. The van der Waals surface area contributed by atoms with Crippen molar-refractivity contribution >= 4 is 18.0 Å². The molecule has 4 rings (SSSR count). The molecule has 9 nitrogen and oxygen atoms in total. The fraction of sp³-hybridized carbons (Fsp3) is 0.231. The first-order valence-electron chi connectivity index (χ1n) is 11.1. The zero-order valence-electron chi connectivity index (χ0n) is 19.1. The van der Waals surface area contributed by atoms with Crippen LogP contribution in [0.15, 0.2) is 67.0 Å². The van der Waals surface area contributed by atoms with Crippen molar-refractivity contribution in [3.8, 4) is 16.9 Å². The average Bonchev–Trinajstić information content (AvgIpc) is 3.19. The van der Waals surface area contributed by atoms with Crippen LogP contribution in [0.2, 0.25) is 0 Å². The number of fused-ring (bicyclic) bond motifs is 3. The van der Waals surface area contributed by atoms with E-state index >= 15 is 0 Å². The Labute approximate surface area is 202 Å². The number of carbonyl (C=O) groups excluding carboxylic acids is 2. The minimum Gasteiger partial charge on any atom is -0.496 e. The summed E-state index contributed by atoms with van der Waals surface area (Å²) in [6.45, 7) is 0.104. The molecule has 35 heavy (non-hydrogen) atoms. The summed E-state index contributed by atoms with van der Waals surface area (Å²) >= 11 is 0. The monoisotopic (exact) mass is 475 g/mol. The Morgan fingerprint density at radius 1 is 1.03 bits per heavy atom. The fourth-order valence-corrected chi connectivity index (χ4v) is 4.22. The zero-order chi connectivity index (χ0) is 24.8. The largest absolute Gasteiger partial charge is 0.496 e. The van der Waals surface area contributed by atoms with Crippen molar-refractivity contribution < 1.29 is 29.0 Å². The standard InChI is InChI=1S/C26H25N3O6/c1-34-23-10-11-27-13-16(23)14-28-25(32)22(12-24(30)31)29-26(33)35-15-21-19-8-4-2-6-17(19)18-7-3-5-9-20(18)21/h2-11,13,21-22H,12,14-15H2,1H3,(H,28,32)(H,29,33)(H,30,31). The molecule has 1 aliphatic rings. The zero-order valence-corrected chi connectivity index (χ0v) is 19.1. The number of benzene rings is 2. The van der Waals surface area contributed by atoms with E-state index in [4.69, 9.17) is 9.47 Å². The molecule has 0 spiro atoms. The Balaban J connectivity index is 1.39. The van der Waals surface area contributed by atoms with E-state index in [0.717, 1.165) is 22.3 Å². The number of methoxy groups -OCH3 is 1. The lowest BCUT2D eigenvalue weighted by Crippen LogP contribution is -2.48. The molecule has 3 aromatic rings. The lowest BCUT2D eigenvalue weighted by atomic mass is 9.98. The second kappa shape index (κ2) is 10.7. The van der Waals surface area contributed by atoms with Crippen LogP contribution in [-0.4, -0.2) is 47.8 Å². The van der Waals surface area contributed by atoms with Crippen molar-refractivity contribution in [2.75, 3.05) is 13.7 Å². The van der Waals surface area contributed by atoms with Gasteiger partial charge in [0, 0.05) is 30.4 Å². The number of ether oxygens (including phenoxy) is 2. The van der Waals surface area contributed by atoms with Crippen LogP contribution in [0.1, 0.15) is 29.0 Å². The Morgan fingerprint density at radius 2 is 1.69 bits per heavy atom. The first-order valence-corrected chi connectivity index (χ1v) is 11.1. The van der Waals surface area contributed by atoms with Gasteiger partial charge in [-0.25, -0.2) is 4.79 Å². The van der Waals surface area contributed by atoms with Crippen LogP contribution in [0.4, 0.5) is 4.79 Å². The first kappa shape index (κ1) is 23.7.